The molecule has 1 heterocycles. The van der Waals surface area contributed by atoms with Crippen LogP contribution in [0.2, 0.25) is 0 Å². The fourth-order valence-corrected chi connectivity index (χ4v) is 5.90. The lowest BCUT2D eigenvalue weighted by atomic mass is 9.67. The standard InChI is InChI=1S/C28H38N2O3/c1-18(9-8-12-21-10-6-5-7-11-21)33-23-16-26-28(27(32)17-23)25-15-22(29-20(3)31)13-14-24(25)19(2)30(26)4/h5-7,10-11,16-19,22,24-25,32H,8-9,12-15H2,1-4H3,(H,29,31)/t18-,19?,22-,24+,25-/m1/s1. The van der Waals surface area contributed by atoms with Crippen LogP contribution in [0.5, 0.6) is 11.5 Å². The summed E-state index contributed by atoms with van der Waals surface area (Å²) in [6, 6.07) is 15.0. The summed E-state index contributed by atoms with van der Waals surface area (Å²) in [5.41, 5.74) is 3.42. The van der Waals surface area contributed by atoms with Crippen molar-refractivity contribution in [1.29, 1.82) is 0 Å². The number of nitrogens with zero attached hydrogens (tertiary/aromatic N) is 1. The lowest BCUT2D eigenvalue weighted by molar-refractivity contribution is -0.120. The first-order valence-corrected chi connectivity index (χ1v) is 12.4. The number of benzene rings is 2. The van der Waals surface area contributed by atoms with Crippen molar-refractivity contribution in [3.05, 3.63) is 53.6 Å². The first-order chi connectivity index (χ1) is 15.8. The zero-order valence-corrected chi connectivity index (χ0v) is 20.4. The van der Waals surface area contributed by atoms with Gasteiger partial charge in [0.15, 0.2) is 0 Å². The van der Waals surface area contributed by atoms with Crippen molar-refractivity contribution in [2.24, 2.45) is 5.92 Å². The van der Waals surface area contributed by atoms with Gasteiger partial charge in [-0.2, -0.15) is 0 Å². The summed E-state index contributed by atoms with van der Waals surface area (Å²) in [6.07, 6.45) is 6.06. The van der Waals surface area contributed by atoms with E-state index in [1.54, 1.807) is 13.0 Å². The summed E-state index contributed by atoms with van der Waals surface area (Å²) >= 11 is 0. The van der Waals surface area contributed by atoms with E-state index < -0.39 is 0 Å². The molecule has 2 aromatic rings. The highest BCUT2D eigenvalue weighted by atomic mass is 16.5. The van der Waals surface area contributed by atoms with Gasteiger partial charge < -0.3 is 20.1 Å². The number of phenolic OH excluding ortho intramolecular Hbond substituents is 1. The molecule has 33 heavy (non-hydrogen) atoms. The molecular weight excluding hydrogens is 412 g/mol. The molecule has 1 fully saturated rings. The van der Waals surface area contributed by atoms with Crippen LogP contribution in [0.4, 0.5) is 5.69 Å². The lowest BCUT2D eigenvalue weighted by Gasteiger charge is -2.48. The first-order valence-electron chi connectivity index (χ1n) is 12.4. The minimum Gasteiger partial charge on any atom is -0.507 e. The van der Waals surface area contributed by atoms with Crippen molar-refractivity contribution in [2.45, 2.75) is 83.4 Å². The molecule has 0 spiro atoms. The van der Waals surface area contributed by atoms with Crippen LogP contribution in [0.1, 0.15) is 69.9 Å². The number of rotatable bonds is 7. The molecule has 5 nitrogen and oxygen atoms in total. The van der Waals surface area contributed by atoms with Gasteiger partial charge in [0.2, 0.25) is 5.91 Å². The van der Waals surface area contributed by atoms with Gasteiger partial charge in [-0.3, -0.25) is 4.79 Å². The van der Waals surface area contributed by atoms with Crippen molar-refractivity contribution in [3.63, 3.8) is 0 Å². The number of phenols is 1. The fraction of sp³-hybridized carbons (Fsp3) is 0.536. The molecular formula is C28H38N2O3. The van der Waals surface area contributed by atoms with E-state index in [0.717, 1.165) is 55.5 Å². The van der Waals surface area contributed by atoms with E-state index in [1.807, 2.05) is 6.07 Å². The zero-order valence-electron chi connectivity index (χ0n) is 20.4. The molecule has 0 saturated heterocycles. The van der Waals surface area contributed by atoms with Gasteiger partial charge in [-0.15, -0.1) is 0 Å². The molecule has 4 rings (SSSR count). The Balaban J connectivity index is 1.47. The fourth-order valence-electron chi connectivity index (χ4n) is 5.90. The summed E-state index contributed by atoms with van der Waals surface area (Å²) in [5, 5.41) is 14.2. The summed E-state index contributed by atoms with van der Waals surface area (Å²) in [4.78, 5) is 13.9. The molecule has 1 saturated carbocycles. The number of carbonyl (C=O) groups excluding carboxylic acids is 1. The van der Waals surface area contributed by atoms with Gasteiger partial charge in [-0.25, -0.2) is 0 Å². The second-order valence-corrected chi connectivity index (χ2v) is 10.0. The smallest absolute Gasteiger partial charge is 0.217 e. The zero-order chi connectivity index (χ0) is 23.5. The van der Waals surface area contributed by atoms with Gasteiger partial charge in [0.25, 0.3) is 0 Å². The topological polar surface area (TPSA) is 61.8 Å². The highest BCUT2D eigenvalue weighted by Gasteiger charge is 2.43. The maximum atomic E-state index is 11.6. The molecule has 0 bridgehead atoms. The third-order valence-corrected chi connectivity index (χ3v) is 7.66. The van der Waals surface area contributed by atoms with E-state index in [-0.39, 0.29) is 24.0 Å². The Morgan fingerprint density at radius 3 is 2.73 bits per heavy atom. The van der Waals surface area contributed by atoms with Gasteiger partial charge in [0.05, 0.1) is 6.10 Å². The maximum Gasteiger partial charge on any atom is 0.217 e. The minimum atomic E-state index is 0.0221. The number of amides is 1. The van der Waals surface area contributed by atoms with E-state index in [0.29, 0.717) is 17.7 Å². The molecule has 178 valence electrons. The van der Waals surface area contributed by atoms with E-state index in [2.05, 4.69) is 61.4 Å². The molecule has 5 atom stereocenters. The Labute approximate surface area is 198 Å². The molecule has 2 aromatic carbocycles. The first kappa shape index (κ1) is 23.5. The van der Waals surface area contributed by atoms with Crippen LogP contribution in [-0.2, 0) is 11.2 Å². The average molecular weight is 451 g/mol. The Hall–Kier alpha value is -2.69. The monoisotopic (exact) mass is 450 g/mol. The molecule has 0 aromatic heterocycles. The van der Waals surface area contributed by atoms with Crippen LogP contribution in [0.25, 0.3) is 0 Å². The van der Waals surface area contributed by atoms with Crippen LogP contribution in [0.15, 0.2) is 42.5 Å². The van der Waals surface area contributed by atoms with Crippen molar-refractivity contribution in [1.82, 2.24) is 5.32 Å². The third-order valence-electron chi connectivity index (χ3n) is 7.66. The second kappa shape index (κ2) is 10.1. The molecule has 2 aliphatic rings. The summed E-state index contributed by atoms with van der Waals surface area (Å²) in [6.45, 7) is 5.96. The predicted octanol–water partition coefficient (Wildman–Crippen LogP) is 5.41. The second-order valence-electron chi connectivity index (χ2n) is 10.0. The molecule has 1 unspecified atom stereocenters. The highest BCUT2D eigenvalue weighted by molar-refractivity contribution is 5.73. The van der Waals surface area contributed by atoms with E-state index in [9.17, 15) is 9.90 Å². The number of hydrogen-bond donors (Lipinski definition) is 2. The number of nitrogens with one attached hydrogen (secondary N) is 1. The number of hydrogen-bond acceptors (Lipinski definition) is 4. The molecule has 0 radical (unpaired) electrons. The molecule has 1 amide bonds. The van der Waals surface area contributed by atoms with Crippen molar-refractivity contribution in [2.75, 3.05) is 11.9 Å². The van der Waals surface area contributed by atoms with E-state index >= 15 is 0 Å². The molecule has 5 heteroatoms. The van der Waals surface area contributed by atoms with Crippen LogP contribution in [0.3, 0.4) is 0 Å². The summed E-state index contributed by atoms with van der Waals surface area (Å²) < 4.78 is 6.25. The summed E-state index contributed by atoms with van der Waals surface area (Å²) in [7, 11) is 2.12. The maximum absolute atomic E-state index is 11.6. The Kier molecular flexibility index (Phi) is 7.16. The normalized spacial score (nSPS) is 25.0. The Bertz CT molecular complexity index is 961. The van der Waals surface area contributed by atoms with Crippen molar-refractivity contribution in [3.8, 4) is 11.5 Å². The van der Waals surface area contributed by atoms with Crippen LogP contribution < -0.4 is 15.0 Å². The van der Waals surface area contributed by atoms with Crippen LogP contribution in [-0.4, -0.2) is 36.2 Å². The van der Waals surface area contributed by atoms with Crippen LogP contribution in [0, 0.1) is 5.92 Å². The van der Waals surface area contributed by atoms with E-state index in [1.165, 1.54) is 5.56 Å². The number of ether oxygens (including phenoxy) is 1. The average Bonchev–Trinajstić information content (AvgIpc) is 2.77. The van der Waals surface area contributed by atoms with Gasteiger partial charge in [0.1, 0.15) is 11.5 Å². The molecule has 1 aliphatic carbocycles. The minimum absolute atomic E-state index is 0.0221. The van der Waals surface area contributed by atoms with Gasteiger partial charge in [0, 0.05) is 49.4 Å². The van der Waals surface area contributed by atoms with Crippen molar-refractivity contribution < 1.29 is 14.6 Å². The largest absolute Gasteiger partial charge is 0.507 e. The number of anilines is 1. The Morgan fingerprint density at radius 2 is 2.00 bits per heavy atom. The lowest BCUT2D eigenvalue weighted by Crippen LogP contribution is -2.48. The number of carbonyl (C=O) groups is 1. The van der Waals surface area contributed by atoms with Gasteiger partial charge >= 0.3 is 0 Å². The quantitative estimate of drug-likeness (QED) is 0.592. The van der Waals surface area contributed by atoms with Crippen molar-refractivity contribution >= 4 is 11.6 Å². The summed E-state index contributed by atoms with van der Waals surface area (Å²) in [5.74, 6) is 1.78. The number of aromatic hydroxyl groups is 1. The number of fused-ring (bicyclic) bond motifs is 3. The highest BCUT2D eigenvalue weighted by Crippen LogP contribution is 2.52. The third kappa shape index (κ3) is 5.29. The molecule has 1 aliphatic heterocycles. The molecule has 2 N–H and O–H groups in total. The predicted molar refractivity (Wildman–Crippen MR) is 133 cm³/mol. The van der Waals surface area contributed by atoms with E-state index in [4.69, 9.17) is 4.74 Å². The van der Waals surface area contributed by atoms with Gasteiger partial charge in [-0.05, 0) is 69.8 Å². The Morgan fingerprint density at radius 1 is 1.24 bits per heavy atom. The number of aryl methyl sites for hydroxylation is 1. The SMILES string of the molecule is CC(=O)N[C@@H]1CC[C@H]2C(C)N(C)c3cc(O[C@H](C)CCCc4ccccc4)cc(O)c3[C@@H]2C1. The van der Waals surface area contributed by atoms with Crippen LogP contribution >= 0.6 is 0 Å². The van der Waals surface area contributed by atoms with Gasteiger partial charge in [-0.1, -0.05) is 30.3 Å².